The van der Waals surface area contributed by atoms with Crippen LogP contribution in [0.4, 0.5) is 5.69 Å². The van der Waals surface area contributed by atoms with Crippen molar-refractivity contribution in [2.45, 2.75) is 32.2 Å². The first-order valence-electron chi connectivity index (χ1n) is 7.66. The third-order valence-corrected chi connectivity index (χ3v) is 4.38. The summed E-state index contributed by atoms with van der Waals surface area (Å²) in [5, 5.41) is 24.4. The summed E-state index contributed by atoms with van der Waals surface area (Å²) in [7, 11) is 0. The number of benzene rings is 1. The number of nitrogens with one attached hydrogen (secondary N) is 1. The van der Waals surface area contributed by atoms with Gasteiger partial charge in [-0.05, 0) is 6.42 Å². The van der Waals surface area contributed by atoms with E-state index in [2.05, 4.69) is 10.3 Å². The number of amides is 1. The van der Waals surface area contributed by atoms with E-state index in [1.54, 1.807) is 12.1 Å². The van der Waals surface area contributed by atoms with Crippen LogP contribution < -0.4 is 5.32 Å². The molecule has 1 aromatic heterocycles. The number of aromatic nitrogens is 1. The summed E-state index contributed by atoms with van der Waals surface area (Å²) in [5.74, 6) is -1.66. The number of carbonyl (C=O) groups excluding carboxylic acids is 1. The zero-order valence-corrected chi connectivity index (χ0v) is 14.3. The summed E-state index contributed by atoms with van der Waals surface area (Å²) in [5.41, 5.74) is 0.553. The number of aliphatic carboxylic acids is 1. The Labute approximate surface area is 147 Å². The first-order chi connectivity index (χ1) is 11.9. The van der Waals surface area contributed by atoms with E-state index >= 15 is 0 Å². The molecule has 0 aliphatic rings. The predicted octanol–water partition coefficient (Wildman–Crippen LogP) is 3.09. The topological polar surface area (TPSA) is 122 Å². The first kappa shape index (κ1) is 18.5. The zero-order valence-electron chi connectivity index (χ0n) is 13.5. The molecule has 1 aromatic carbocycles. The fraction of sp³-hybridized carbons (Fsp3) is 0.312. The molecule has 0 spiro atoms. The Kier molecular flexibility index (Phi) is 6.18. The van der Waals surface area contributed by atoms with Crippen molar-refractivity contribution in [3.05, 3.63) is 45.5 Å². The van der Waals surface area contributed by atoms with Crippen molar-refractivity contribution in [2.24, 2.45) is 0 Å². The lowest BCUT2D eigenvalue weighted by Crippen LogP contribution is -2.40. The summed E-state index contributed by atoms with van der Waals surface area (Å²) in [4.78, 5) is 37.9. The molecule has 25 heavy (non-hydrogen) atoms. The molecule has 0 aliphatic heterocycles. The zero-order chi connectivity index (χ0) is 18.4. The molecule has 0 saturated carbocycles. The van der Waals surface area contributed by atoms with Crippen molar-refractivity contribution >= 4 is 28.9 Å². The first-order valence-corrected chi connectivity index (χ1v) is 8.54. The molecule has 2 aromatic rings. The minimum atomic E-state index is -1.09. The molecule has 0 bridgehead atoms. The normalized spacial score (nSPS) is 11.7. The van der Waals surface area contributed by atoms with Gasteiger partial charge in [-0.15, -0.1) is 11.3 Å². The van der Waals surface area contributed by atoms with Crippen molar-refractivity contribution in [3.8, 4) is 10.6 Å². The number of hydrogen-bond acceptors (Lipinski definition) is 6. The monoisotopic (exact) mass is 363 g/mol. The molecule has 1 amide bonds. The quantitative estimate of drug-likeness (QED) is 0.549. The maximum absolute atomic E-state index is 12.2. The molecule has 1 heterocycles. The van der Waals surface area contributed by atoms with Gasteiger partial charge in [-0.1, -0.05) is 31.9 Å². The second kappa shape index (κ2) is 8.34. The van der Waals surface area contributed by atoms with Gasteiger partial charge in [-0.3, -0.25) is 14.9 Å². The molecule has 1 unspecified atom stereocenters. The van der Waals surface area contributed by atoms with E-state index in [9.17, 15) is 19.7 Å². The highest BCUT2D eigenvalue weighted by atomic mass is 32.1. The van der Waals surface area contributed by atoms with Gasteiger partial charge in [0.1, 0.15) is 16.7 Å². The molecule has 0 saturated heterocycles. The summed E-state index contributed by atoms with van der Waals surface area (Å²) in [6, 6.07) is 4.99. The van der Waals surface area contributed by atoms with E-state index in [0.29, 0.717) is 23.4 Å². The lowest BCUT2D eigenvalue weighted by atomic mass is 10.1. The van der Waals surface area contributed by atoms with Crippen molar-refractivity contribution in [1.82, 2.24) is 10.3 Å². The second-order valence-electron chi connectivity index (χ2n) is 5.35. The van der Waals surface area contributed by atoms with Crippen LogP contribution in [0.2, 0.25) is 0 Å². The van der Waals surface area contributed by atoms with Crippen LogP contribution in [0.15, 0.2) is 29.6 Å². The number of rotatable bonds is 8. The fourth-order valence-electron chi connectivity index (χ4n) is 2.16. The highest BCUT2D eigenvalue weighted by molar-refractivity contribution is 7.13. The Morgan fingerprint density at radius 2 is 2.20 bits per heavy atom. The molecule has 2 N–H and O–H groups in total. The Morgan fingerprint density at radius 3 is 2.84 bits per heavy atom. The van der Waals surface area contributed by atoms with Gasteiger partial charge in [0.05, 0.1) is 4.92 Å². The molecule has 0 fully saturated rings. The van der Waals surface area contributed by atoms with Gasteiger partial charge in [0.2, 0.25) is 0 Å². The van der Waals surface area contributed by atoms with Gasteiger partial charge >= 0.3 is 5.97 Å². The van der Waals surface area contributed by atoms with E-state index in [-0.39, 0.29) is 11.4 Å². The highest BCUT2D eigenvalue weighted by Crippen LogP contribution is 2.26. The third kappa shape index (κ3) is 4.83. The standard InChI is InChI=1S/C16H17N3O5S/c1-2-3-7-12(16(21)22)17-14(20)13-9-25-15(18-13)10-5-4-6-11(8-10)19(23)24/h4-6,8-9,12H,2-3,7H2,1H3,(H,17,20)(H,21,22). The molecule has 9 heteroatoms. The van der Waals surface area contributed by atoms with Gasteiger partial charge in [0.15, 0.2) is 0 Å². The Balaban J connectivity index is 2.14. The van der Waals surface area contributed by atoms with Crippen LogP contribution in [0, 0.1) is 10.1 Å². The van der Waals surface area contributed by atoms with Crippen LogP contribution >= 0.6 is 11.3 Å². The number of nitrogens with zero attached hydrogens (tertiary/aromatic N) is 2. The van der Waals surface area contributed by atoms with E-state index in [1.165, 1.54) is 17.5 Å². The smallest absolute Gasteiger partial charge is 0.326 e. The Bertz CT molecular complexity index is 790. The van der Waals surface area contributed by atoms with Crippen LogP contribution in [0.25, 0.3) is 10.6 Å². The van der Waals surface area contributed by atoms with Crippen molar-refractivity contribution in [2.75, 3.05) is 0 Å². The summed E-state index contributed by atoms with van der Waals surface area (Å²) < 4.78 is 0. The van der Waals surface area contributed by atoms with Crippen molar-refractivity contribution in [1.29, 1.82) is 0 Å². The lowest BCUT2D eigenvalue weighted by molar-refractivity contribution is -0.384. The lowest BCUT2D eigenvalue weighted by Gasteiger charge is -2.12. The van der Waals surface area contributed by atoms with Gasteiger partial charge in [-0.2, -0.15) is 0 Å². The number of non-ortho nitro benzene ring substituents is 1. The summed E-state index contributed by atoms with van der Waals surface area (Å²) in [6.07, 6.45) is 1.86. The number of nitro benzene ring substituents is 1. The van der Waals surface area contributed by atoms with Gasteiger partial charge in [-0.25, -0.2) is 9.78 Å². The maximum atomic E-state index is 12.2. The number of carbonyl (C=O) groups is 2. The van der Waals surface area contributed by atoms with Crippen molar-refractivity contribution < 1.29 is 19.6 Å². The molecular formula is C16H17N3O5S. The third-order valence-electron chi connectivity index (χ3n) is 3.49. The summed E-state index contributed by atoms with van der Waals surface area (Å²) in [6.45, 7) is 1.94. The minimum Gasteiger partial charge on any atom is -0.480 e. The minimum absolute atomic E-state index is 0.0655. The number of hydrogen-bond donors (Lipinski definition) is 2. The molecule has 8 nitrogen and oxygen atoms in total. The van der Waals surface area contributed by atoms with E-state index < -0.39 is 22.8 Å². The largest absolute Gasteiger partial charge is 0.480 e. The van der Waals surface area contributed by atoms with Gasteiger partial charge in [0.25, 0.3) is 11.6 Å². The van der Waals surface area contributed by atoms with Crippen molar-refractivity contribution in [3.63, 3.8) is 0 Å². The average molecular weight is 363 g/mol. The Morgan fingerprint density at radius 1 is 1.44 bits per heavy atom. The van der Waals surface area contributed by atoms with Crippen LogP contribution in [-0.4, -0.2) is 32.9 Å². The van der Waals surface area contributed by atoms with Crippen LogP contribution in [0.5, 0.6) is 0 Å². The van der Waals surface area contributed by atoms with E-state index in [0.717, 1.165) is 17.8 Å². The predicted molar refractivity (Wildman–Crippen MR) is 92.6 cm³/mol. The van der Waals surface area contributed by atoms with Gasteiger partial charge < -0.3 is 10.4 Å². The van der Waals surface area contributed by atoms with Crippen LogP contribution in [-0.2, 0) is 4.79 Å². The molecule has 0 aliphatic carbocycles. The number of unbranched alkanes of at least 4 members (excludes halogenated alkanes) is 1. The van der Waals surface area contributed by atoms with E-state index in [1.807, 2.05) is 6.92 Å². The number of carboxylic acid groups (broad SMARTS) is 1. The molecule has 2 rings (SSSR count). The highest BCUT2D eigenvalue weighted by Gasteiger charge is 2.22. The molecule has 132 valence electrons. The second-order valence-corrected chi connectivity index (χ2v) is 6.21. The fourth-order valence-corrected chi connectivity index (χ4v) is 2.96. The molecule has 1 atom stereocenters. The maximum Gasteiger partial charge on any atom is 0.326 e. The van der Waals surface area contributed by atoms with Gasteiger partial charge in [0, 0.05) is 23.1 Å². The molecular weight excluding hydrogens is 346 g/mol. The number of thiazole rings is 1. The van der Waals surface area contributed by atoms with Crippen LogP contribution in [0.3, 0.4) is 0 Å². The number of nitro groups is 1. The SMILES string of the molecule is CCCCC(NC(=O)c1csc(-c2cccc([N+](=O)[O-])c2)n1)C(=O)O. The Hall–Kier alpha value is -2.81. The van der Waals surface area contributed by atoms with Crippen LogP contribution in [0.1, 0.15) is 36.7 Å². The summed E-state index contributed by atoms with van der Waals surface area (Å²) >= 11 is 1.16. The van der Waals surface area contributed by atoms with E-state index in [4.69, 9.17) is 5.11 Å². The molecule has 0 radical (unpaired) electrons. The average Bonchev–Trinajstić information content (AvgIpc) is 3.08. The number of carboxylic acids is 1.